The predicted octanol–water partition coefficient (Wildman–Crippen LogP) is 2.55. The lowest BCUT2D eigenvalue weighted by Crippen LogP contribution is -2.42. The fourth-order valence-corrected chi connectivity index (χ4v) is 4.94. The van der Waals surface area contributed by atoms with Gasteiger partial charge in [-0.05, 0) is 63.2 Å². The molecule has 8 heteroatoms. The van der Waals surface area contributed by atoms with Gasteiger partial charge < -0.3 is 15.1 Å². The van der Waals surface area contributed by atoms with Crippen LogP contribution in [-0.2, 0) is 11.3 Å². The standard InChI is InChI=1S/C25H34N6O2/c1-18-27-16-23(25(33)28-15-21-4-3-9-26-14-21)24(29-18)22-7-10-30(11-8-22)17-20-5-12-31(13-6-20)19(2)32/h3-4,9,14,16,20,22H,5-8,10-13,15,17H2,1-2H3,(H,28,33). The van der Waals surface area contributed by atoms with Gasteiger partial charge >= 0.3 is 0 Å². The van der Waals surface area contributed by atoms with E-state index < -0.39 is 0 Å². The lowest BCUT2D eigenvalue weighted by Gasteiger charge is -2.37. The highest BCUT2D eigenvalue weighted by Gasteiger charge is 2.28. The second-order valence-corrected chi connectivity index (χ2v) is 9.28. The van der Waals surface area contributed by atoms with Gasteiger partial charge in [0, 0.05) is 57.6 Å². The van der Waals surface area contributed by atoms with Crippen molar-refractivity contribution in [3.05, 3.63) is 53.4 Å². The minimum atomic E-state index is -0.131. The number of piperidine rings is 2. The van der Waals surface area contributed by atoms with Crippen molar-refractivity contribution in [2.75, 3.05) is 32.7 Å². The molecule has 2 fully saturated rings. The molecule has 1 N–H and O–H groups in total. The monoisotopic (exact) mass is 450 g/mol. The van der Waals surface area contributed by atoms with E-state index in [4.69, 9.17) is 4.98 Å². The molecule has 0 bridgehead atoms. The zero-order chi connectivity index (χ0) is 23.2. The first kappa shape index (κ1) is 23.3. The Bertz CT molecular complexity index is 951. The van der Waals surface area contributed by atoms with Gasteiger partial charge in [-0.25, -0.2) is 9.97 Å². The van der Waals surface area contributed by atoms with Crippen molar-refractivity contribution in [3.8, 4) is 0 Å². The maximum absolute atomic E-state index is 12.9. The average molecular weight is 451 g/mol. The number of pyridine rings is 1. The summed E-state index contributed by atoms with van der Waals surface area (Å²) in [6.45, 7) is 8.86. The second kappa shape index (κ2) is 10.8. The Hall–Kier alpha value is -2.87. The summed E-state index contributed by atoms with van der Waals surface area (Å²) < 4.78 is 0. The highest BCUT2D eigenvalue weighted by atomic mass is 16.2. The highest BCUT2D eigenvalue weighted by Crippen LogP contribution is 2.30. The molecule has 2 aliphatic heterocycles. The lowest BCUT2D eigenvalue weighted by atomic mass is 9.89. The molecule has 0 aliphatic carbocycles. The molecule has 0 aromatic carbocycles. The van der Waals surface area contributed by atoms with Crippen LogP contribution in [0.4, 0.5) is 0 Å². The van der Waals surface area contributed by atoms with Crippen LogP contribution in [0.15, 0.2) is 30.7 Å². The molecule has 2 saturated heterocycles. The van der Waals surface area contributed by atoms with E-state index in [9.17, 15) is 9.59 Å². The molecule has 2 aliphatic rings. The summed E-state index contributed by atoms with van der Waals surface area (Å²) in [7, 11) is 0. The van der Waals surface area contributed by atoms with Gasteiger partial charge in [0.05, 0.1) is 11.3 Å². The summed E-state index contributed by atoms with van der Waals surface area (Å²) in [6, 6.07) is 3.81. The number of amides is 2. The number of likely N-dealkylation sites (tertiary alicyclic amines) is 2. The van der Waals surface area contributed by atoms with E-state index in [0.29, 0.717) is 23.9 Å². The smallest absolute Gasteiger partial charge is 0.254 e. The first-order valence-corrected chi connectivity index (χ1v) is 12.0. The molecule has 0 spiro atoms. The molecule has 0 atom stereocenters. The number of carbonyl (C=O) groups excluding carboxylic acids is 2. The van der Waals surface area contributed by atoms with E-state index in [1.165, 1.54) is 0 Å². The van der Waals surface area contributed by atoms with E-state index in [2.05, 4.69) is 20.2 Å². The maximum atomic E-state index is 12.9. The Kier molecular flexibility index (Phi) is 7.65. The van der Waals surface area contributed by atoms with Crippen LogP contribution in [0.1, 0.15) is 66.0 Å². The molecule has 4 rings (SSSR count). The fourth-order valence-electron chi connectivity index (χ4n) is 4.94. The van der Waals surface area contributed by atoms with Crippen LogP contribution in [0.5, 0.6) is 0 Å². The molecule has 2 amide bonds. The van der Waals surface area contributed by atoms with Crippen LogP contribution < -0.4 is 5.32 Å². The van der Waals surface area contributed by atoms with Gasteiger partial charge in [-0.2, -0.15) is 0 Å². The molecule has 0 unspecified atom stereocenters. The van der Waals surface area contributed by atoms with Crippen molar-refractivity contribution in [1.82, 2.24) is 30.1 Å². The van der Waals surface area contributed by atoms with Crippen molar-refractivity contribution in [2.45, 2.75) is 52.0 Å². The van der Waals surface area contributed by atoms with Crippen molar-refractivity contribution in [2.24, 2.45) is 5.92 Å². The molecule has 0 saturated carbocycles. The zero-order valence-electron chi connectivity index (χ0n) is 19.7. The van der Waals surface area contributed by atoms with Crippen molar-refractivity contribution in [3.63, 3.8) is 0 Å². The van der Waals surface area contributed by atoms with Gasteiger partial charge in [0.1, 0.15) is 5.82 Å². The van der Waals surface area contributed by atoms with Gasteiger partial charge in [-0.1, -0.05) is 6.07 Å². The Morgan fingerprint density at radius 1 is 1.09 bits per heavy atom. The predicted molar refractivity (Wildman–Crippen MR) is 126 cm³/mol. The van der Waals surface area contributed by atoms with E-state index in [1.54, 1.807) is 25.5 Å². The van der Waals surface area contributed by atoms with Crippen LogP contribution in [0, 0.1) is 12.8 Å². The van der Waals surface area contributed by atoms with Crippen LogP contribution in [0.2, 0.25) is 0 Å². The number of rotatable bonds is 6. The highest BCUT2D eigenvalue weighted by molar-refractivity contribution is 5.95. The van der Waals surface area contributed by atoms with Gasteiger partial charge in [-0.3, -0.25) is 14.6 Å². The first-order chi connectivity index (χ1) is 16.0. The van der Waals surface area contributed by atoms with Crippen LogP contribution >= 0.6 is 0 Å². The average Bonchev–Trinajstić information content (AvgIpc) is 2.84. The number of carbonyl (C=O) groups is 2. The van der Waals surface area contributed by atoms with E-state index in [0.717, 1.165) is 69.7 Å². The van der Waals surface area contributed by atoms with Crippen molar-refractivity contribution < 1.29 is 9.59 Å². The first-order valence-electron chi connectivity index (χ1n) is 12.0. The van der Waals surface area contributed by atoms with Gasteiger partial charge in [0.25, 0.3) is 5.91 Å². The Balaban J connectivity index is 1.33. The number of hydrogen-bond donors (Lipinski definition) is 1. The second-order valence-electron chi connectivity index (χ2n) is 9.28. The van der Waals surface area contributed by atoms with Crippen LogP contribution in [0.25, 0.3) is 0 Å². The molecular formula is C25H34N6O2. The van der Waals surface area contributed by atoms with Crippen LogP contribution in [-0.4, -0.2) is 69.3 Å². The summed E-state index contributed by atoms with van der Waals surface area (Å²) in [4.78, 5) is 42.1. The Labute approximate surface area is 195 Å². The summed E-state index contributed by atoms with van der Waals surface area (Å²) in [6.07, 6.45) is 9.31. The number of nitrogens with one attached hydrogen (secondary N) is 1. The van der Waals surface area contributed by atoms with Gasteiger partial charge in [0.2, 0.25) is 5.91 Å². The third kappa shape index (κ3) is 6.13. The van der Waals surface area contributed by atoms with Gasteiger partial charge in [0.15, 0.2) is 0 Å². The third-order valence-corrected chi connectivity index (χ3v) is 6.91. The minimum Gasteiger partial charge on any atom is -0.348 e. The number of aromatic nitrogens is 3. The van der Waals surface area contributed by atoms with Gasteiger partial charge in [-0.15, -0.1) is 0 Å². The van der Waals surface area contributed by atoms with E-state index >= 15 is 0 Å². The summed E-state index contributed by atoms with van der Waals surface area (Å²) in [5.74, 6) is 1.69. The maximum Gasteiger partial charge on any atom is 0.254 e. The largest absolute Gasteiger partial charge is 0.348 e. The summed E-state index contributed by atoms with van der Waals surface area (Å²) in [5.41, 5.74) is 2.42. The van der Waals surface area contributed by atoms with Crippen LogP contribution in [0.3, 0.4) is 0 Å². The topological polar surface area (TPSA) is 91.3 Å². The zero-order valence-corrected chi connectivity index (χ0v) is 19.7. The molecule has 2 aromatic heterocycles. The SMILES string of the molecule is CC(=O)N1CCC(CN2CCC(c3nc(C)ncc3C(=O)NCc3cccnc3)CC2)CC1. The lowest BCUT2D eigenvalue weighted by molar-refractivity contribution is -0.130. The Morgan fingerprint density at radius 3 is 2.52 bits per heavy atom. The molecule has 176 valence electrons. The van der Waals surface area contributed by atoms with E-state index in [-0.39, 0.29) is 17.7 Å². The molecule has 2 aromatic rings. The normalized spacial score (nSPS) is 18.3. The number of hydrogen-bond acceptors (Lipinski definition) is 6. The summed E-state index contributed by atoms with van der Waals surface area (Å²) in [5, 5.41) is 2.99. The number of aryl methyl sites for hydroxylation is 1. The van der Waals surface area contributed by atoms with E-state index in [1.807, 2.05) is 24.0 Å². The molecule has 33 heavy (non-hydrogen) atoms. The van der Waals surface area contributed by atoms with Crippen molar-refractivity contribution >= 4 is 11.8 Å². The third-order valence-electron chi connectivity index (χ3n) is 6.91. The Morgan fingerprint density at radius 2 is 1.85 bits per heavy atom. The molecule has 8 nitrogen and oxygen atoms in total. The molecular weight excluding hydrogens is 416 g/mol. The minimum absolute atomic E-state index is 0.131. The van der Waals surface area contributed by atoms with Crippen molar-refractivity contribution in [1.29, 1.82) is 0 Å². The quantitative estimate of drug-likeness (QED) is 0.727. The fraction of sp³-hybridized carbons (Fsp3) is 0.560. The molecule has 4 heterocycles. The number of nitrogens with zero attached hydrogens (tertiary/aromatic N) is 5. The molecule has 0 radical (unpaired) electrons. The summed E-state index contributed by atoms with van der Waals surface area (Å²) >= 11 is 0.